The molecule has 0 amide bonds. The minimum atomic E-state index is -0.512. The summed E-state index contributed by atoms with van der Waals surface area (Å²) in [5.74, 6) is 0.330. The molecular weight excluding hydrogens is 376 g/mol. The van der Waals surface area contributed by atoms with Crippen LogP contribution in [-0.4, -0.2) is 49.4 Å². The Balaban J connectivity index is 1.71. The van der Waals surface area contributed by atoms with Crippen molar-refractivity contribution in [2.24, 2.45) is 22.7 Å². The van der Waals surface area contributed by atoms with Gasteiger partial charge in [0.1, 0.15) is 24.9 Å². The number of esters is 1. The zero-order valence-corrected chi connectivity index (χ0v) is 17.6. The molecule has 2 saturated carbocycles. The van der Waals surface area contributed by atoms with Crippen molar-refractivity contribution in [1.82, 2.24) is 0 Å². The number of carbonyl (C=O) groups is 3. The maximum absolute atomic E-state index is 11.9. The lowest BCUT2D eigenvalue weighted by Gasteiger charge is -2.65. The lowest BCUT2D eigenvalue weighted by atomic mass is 9.43. The molecule has 29 heavy (non-hydrogen) atoms. The molecular formula is C22H32O7. The Morgan fingerprint density at radius 3 is 2.55 bits per heavy atom. The highest BCUT2D eigenvalue weighted by molar-refractivity contribution is 5.73. The summed E-state index contributed by atoms with van der Waals surface area (Å²) in [5, 5.41) is 0. The fourth-order valence-electron chi connectivity index (χ4n) is 7.41. The van der Waals surface area contributed by atoms with Crippen LogP contribution in [0.5, 0.6) is 0 Å². The van der Waals surface area contributed by atoms with Crippen molar-refractivity contribution in [2.45, 2.75) is 83.0 Å². The first kappa shape index (κ1) is 20.6. The summed E-state index contributed by atoms with van der Waals surface area (Å²) >= 11 is 0. The number of hydrogen-bond acceptors (Lipinski definition) is 7. The number of carbonyl (C=O) groups excluding carboxylic acids is 3. The minimum absolute atomic E-state index is 0.165. The summed E-state index contributed by atoms with van der Waals surface area (Å²) in [6.07, 6.45) is 5.24. The second-order valence-electron chi connectivity index (χ2n) is 10.1. The van der Waals surface area contributed by atoms with Gasteiger partial charge in [0.25, 0.3) is 12.9 Å². The fourth-order valence-corrected chi connectivity index (χ4v) is 7.41. The van der Waals surface area contributed by atoms with E-state index < -0.39 is 11.0 Å². The summed E-state index contributed by atoms with van der Waals surface area (Å²) < 4.78 is 23.0. The highest BCUT2D eigenvalue weighted by Gasteiger charge is 2.70. The topological polar surface area (TPSA) is 88.1 Å². The van der Waals surface area contributed by atoms with Gasteiger partial charge in [0.2, 0.25) is 0 Å². The molecule has 4 fully saturated rings. The highest BCUT2D eigenvalue weighted by atomic mass is 16.6. The molecule has 0 aromatic rings. The third kappa shape index (κ3) is 2.83. The van der Waals surface area contributed by atoms with E-state index >= 15 is 0 Å². The Kier molecular flexibility index (Phi) is 4.95. The molecule has 4 rings (SSSR count). The molecule has 2 saturated heterocycles. The van der Waals surface area contributed by atoms with Crippen LogP contribution in [0.3, 0.4) is 0 Å². The lowest BCUT2D eigenvalue weighted by Crippen LogP contribution is -2.66. The van der Waals surface area contributed by atoms with Gasteiger partial charge in [0.05, 0.1) is 12.0 Å². The lowest BCUT2D eigenvalue weighted by molar-refractivity contribution is -0.267. The van der Waals surface area contributed by atoms with Crippen LogP contribution >= 0.6 is 0 Å². The first-order valence-corrected chi connectivity index (χ1v) is 10.8. The molecule has 0 unspecified atom stereocenters. The van der Waals surface area contributed by atoms with E-state index in [1.807, 2.05) is 0 Å². The predicted octanol–water partition coefficient (Wildman–Crippen LogP) is 2.79. The highest BCUT2D eigenvalue weighted by Crippen LogP contribution is 2.68. The average molecular weight is 408 g/mol. The third-order valence-corrected chi connectivity index (χ3v) is 8.87. The van der Waals surface area contributed by atoms with Crippen molar-refractivity contribution < 1.29 is 33.3 Å². The van der Waals surface area contributed by atoms with Gasteiger partial charge < -0.3 is 18.9 Å². The molecule has 0 radical (unpaired) electrons. The second kappa shape index (κ2) is 6.96. The van der Waals surface area contributed by atoms with Crippen molar-refractivity contribution in [2.75, 3.05) is 13.2 Å². The molecule has 162 valence electrons. The van der Waals surface area contributed by atoms with Gasteiger partial charge in [-0.25, -0.2) is 0 Å². The molecule has 2 spiro atoms. The number of ether oxygens (including phenoxy) is 4. The Labute approximate surface area is 171 Å². The average Bonchev–Trinajstić information content (AvgIpc) is 3.25. The summed E-state index contributed by atoms with van der Waals surface area (Å²) in [6, 6.07) is 0. The first-order chi connectivity index (χ1) is 13.8. The van der Waals surface area contributed by atoms with Crippen molar-refractivity contribution >= 4 is 18.9 Å². The Hall–Kier alpha value is -1.63. The number of rotatable bonds is 5. The van der Waals surface area contributed by atoms with Crippen molar-refractivity contribution in [3.8, 4) is 0 Å². The van der Waals surface area contributed by atoms with E-state index in [1.165, 1.54) is 0 Å². The van der Waals surface area contributed by atoms with Gasteiger partial charge in [-0.3, -0.25) is 14.4 Å². The van der Waals surface area contributed by atoms with Gasteiger partial charge in [-0.15, -0.1) is 0 Å². The predicted molar refractivity (Wildman–Crippen MR) is 102 cm³/mol. The Morgan fingerprint density at radius 2 is 1.90 bits per heavy atom. The number of fused-ring (bicyclic) bond motifs is 2. The van der Waals surface area contributed by atoms with E-state index in [9.17, 15) is 14.4 Å². The normalized spacial score (nSPS) is 48.9. The molecule has 7 heteroatoms. The monoisotopic (exact) mass is 408 g/mol. The van der Waals surface area contributed by atoms with Gasteiger partial charge in [0.15, 0.2) is 0 Å². The van der Waals surface area contributed by atoms with E-state index in [-0.39, 0.29) is 35.6 Å². The van der Waals surface area contributed by atoms with Crippen LogP contribution in [0, 0.1) is 22.7 Å². The van der Waals surface area contributed by atoms with Gasteiger partial charge in [0, 0.05) is 10.8 Å². The van der Waals surface area contributed by atoms with E-state index in [1.54, 1.807) is 0 Å². The molecule has 2 aliphatic carbocycles. The summed E-state index contributed by atoms with van der Waals surface area (Å²) in [6.45, 7) is 8.15. The molecule has 4 aliphatic rings. The molecule has 7 nitrogen and oxygen atoms in total. The zero-order chi connectivity index (χ0) is 20.9. The molecule has 0 aromatic carbocycles. The van der Waals surface area contributed by atoms with Crippen molar-refractivity contribution in [1.29, 1.82) is 0 Å². The van der Waals surface area contributed by atoms with E-state index in [2.05, 4.69) is 20.8 Å². The smallest absolute Gasteiger partial charge is 0.308 e. The van der Waals surface area contributed by atoms with Crippen LogP contribution in [0.15, 0.2) is 0 Å². The quantitative estimate of drug-likeness (QED) is 0.393. The van der Waals surface area contributed by atoms with Gasteiger partial charge >= 0.3 is 5.97 Å². The van der Waals surface area contributed by atoms with E-state index in [4.69, 9.17) is 18.9 Å². The zero-order valence-electron chi connectivity index (χ0n) is 17.6. The Morgan fingerprint density at radius 1 is 1.10 bits per heavy atom. The molecule has 2 heterocycles. The van der Waals surface area contributed by atoms with Crippen molar-refractivity contribution in [3.05, 3.63) is 0 Å². The van der Waals surface area contributed by atoms with Crippen LogP contribution in [0.1, 0.15) is 65.7 Å². The standard InChI is InChI=1S/C22H32O7/c1-15-4-5-16-19(2,11-26-13-23)17(28-14-24)6-7-20(16,3)22(15)9-8-21(29-22)10-18(25)27-12-21/h13-17H,4-12H2,1-3H3/t15-,16-,17+,19+,20+,21-,22-/m1/s1. The summed E-state index contributed by atoms with van der Waals surface area (Å²) in [5.41, 5.74) is -1.53. The maximum atomic E-state index is 11.9. The minimum Gasteiger partial charge on any atom is -0.467 e. The summed E-state index contributed by atoms with van der Waals surface area (Å²) in [7, 11) is 0. The van der Waals surface area contributed by atoms with Crippen LogP contribution in [0.2, 0.25) is 0 Å². The second-order valence-corrected chi connectivity index (χ2v) is 10.1. The maximum Gasteiger partial charge on any atom is 0.308 e. The van der Waals surface area contributed by atoms with Crippen LogP contribution < -0.4 is 0 Å². The largest absolute Gasteiger partial charge is 0.467 e. The van der Waals surface area contributed by atoms with Crippen LogP contribution in [0.4, 0.5) is 0 Å². The van der Waals surface area contributed by atoms with Crippen LogP contribution in [0.25, 0.3) is 0 Å². The first-order valence-electron chi connectivity index (χ1n) is 10.8. The van der Waals surface area contributed by atoms with Gasteiger partial charge in [-0.05, 0) is 50.4 Å². The SMILES string of the molecule is C[C@@H]1CC[C@@H]2[C@](C)(COC=O)[C@@H](OC=O)CC[C@]2(C)[C@@]12CC[C@@]1(COC(=O)C1)O2. The number of hydrogen-bond donors (Lipinski definition) is 0. The molecule has 0 aromatic heterocycles. The molecule has 0 bridgehead atoms. The summed E-state index contributed by atoms with van der Waals surface area (Å²) in [4.78, 5) is 34.0. The number of cyclic esters (lactones) is 1. The van der Waals surface area contributed by atoms with E-state index in [0.717, 1.165) is 32.1 Å². The van der Waals surface area contributed by atoms with Crippen LogP contribution in [-0.2, 0) is 33.3 Å². The molecule has 2 aliphatic heterocycles. The molecule has 0 N–H and O–H groups in total. The van der Waals surface area contributed by atoms with Crippen molar-refractivity contribution in [3.63, 3.8) is 0 Å². The van der Waals surface area contributed by atoms with E-state index in [0.29, 0.717) is 38.3 Å². The Bertz CT molecular complexity index is 695. The van der Waals surface area contributed by atoms with Gasteiger partial charge in [-0.2, -0.15) is 0 Å². The molecule has 7 atom stereocenters. The fraction of sp³-hybridized carbons (Fsp3) is 0.864. The van der Waals surface area contributed by atoms with Gasteiger partial charge in [-0.1, -0.05) is 20.8 Å². The third-order valence-electron chi connectivity index (χ3n) is 8.87.